The lowest BCUT2D eigenvalue weighted by atomic mass is 9.96. The van der Waals surface area contributed by atoms with Crippen LogP contribution in [0, 0.1) is 0 Å². The highest BCUT2D eigenvalue weighted by atomic mass is 32.2. The number of nitrogens with zero attached hydrogens (tertiary/aromatic N) is 1. The van der Waals surface area contributed by atoms with Crippen LogP contribution in [0.4, 0.5) is 0 Å². The van der Waals surface area contributed by atoms with E-state index in [-0.39, 0.29) is 12.0 Å². The van der Waals surface area contributed by atoms with E-state index in [4.69, 9.17) is 5.11 Å². The SMILES string of the molecule is CC(C)(C)c1cnc(S(=O)CCCCCO)s1. The van der Waals surface area contributed by atoms with Gasteiger partial charge in [-0.05, 0) is 18.3 Å². The summed E-state index contributed by atoms with van der Waals surface area (Å²) in [6.07, 6.45) is 4.45. The first kappa shape index (κ1) is 14.8. The molecule has 1 aromatic heterocycles. The number of rotatable bonds is 6. The summed E-state index contributed by atoms with van der Waals surface area (Å²) < 4.78 is 12.7. The van der Waals surface area contributed by atoms with Crippen molar-refractivity contribution in [3.05, 3.63) is 11.1 Å². The van der Waals surface area contributed by atoms with Crippen LogP contribution in [0.3, 0.4) is 0 Å². The quantitative estimate of drug-likeness (QED) is 0.812. The first-order valence-electron chi connectivity index (χ1n) is 5.90. The lowest BCUT2D eigenvalue weighted by Gasteiger charge is -2.14. The normalized spacial score (nSPS) is 13.9. The fourth-order valence-electron chi connectivity index (χ4n) is 1.32. The van der Waals surface area contributed by atoms with E-state index in [0.29, 0.717) is 5.75 Å². The van der Waals surface area contributed by atoms with Crippen molar-refractivity contribution in [1.29, 1.82) is 0 Å². The molecule has 1 N–H and O–H groups in total. The lowest BCUT2D eigenvalue weighted by Crippen LogP contribution is -2.07. The van der Waals surface area contributed by atoms with Crippen LogP contribution in [-0.2, 0) is 16.2 Å². The number of aliphatic hydroxyl groups is 1. The van der Waals surface area contributed by atoms with E-state index in [2.05, 4.69) is 25.8 Å². The Hall–Kier alpha value is -0.260. The van der Waals surface area contributed by atoms with Crippen LogP contribution in [0.1, 0.15) is 44.9 Å². The highest BCUT2D eigenvalue weighted by Crippen LogP contribution is 2.29. The molecule has 0 amide bonds. The maximum absolute atomic E-state index is 11.9. The third kappa shape index (κ3) is 4.85. The zero-order valence-electron chi connectivity index (χ0n) is 10.7. The van der Waals surface area contributed by atoms with Gasteiger partial charge in [0.1, 0.15) is 0 Å². The summed E-state index contributed by atoms with van der Waals surface area (Å²) in [5.41, 5.74) is 0.0804. The summed E-state index contributed by atoms with van der Waals surface area (Å²) in [4.78, 5) is 5.43. The minimum Gasteiger partial charge on any atom is -0.396 e. The van der Waals surface area contributed by atoms with Gasteiger partial charge < -0.3 is 5.11 Å². The Morgan fingerprint density at radius 1 is 1.35 bits per heavy atom. The Balaban J connectivity index is 2.50. The Kier molecular flexibility index (Phi) is 5.76. The second-order valence-electron chi connectivity index (χ2n) is 5.07. The fraction of sp³-hybridized carbons (Fsp3) is 0.750. The van der Waals surface area contributed by atoms with Crippen LogP contribution < -0.4 is 0 Å². The molecular formula is C12H21NO2S2. The number of aromatic nitrogens is 1. The Morgan fingerprint density at radius 3 is 2.59 bits per heavy atom. The largest absolute Gasteiger partial charge is 0.396 e. The fourth-order valence-corrected chi connectivity index (χ4v) is 3.73. The molecule has 1 rings (SSSR count). The van der Waals surface area contributed by atoms with E-state index in [0.717, 1.165) is 23.6 Å². The van der Waals surface area contributed by atoms with Gasteiger partial charge in [0.15, 0.2) is 4.34 Å². The molecule has 1 unspecified atom stereocenters. The molecule has 17 heavy (non-hydrogen) atoms. The minimum absolute atomic E-state index is 0.0804. The van der Waals surface area contributed by atoms with Crippen LogP contribution in [0.5, 0.6) is 0 Å². The van der Waals surface area contributed by atoms with Gasteiger partial charge in [-0.2, -0.15) is 0 Å². The van der Waals surface area contributed by atoms with Gasteiger partial charge in [0.2, 0.25) is 0 Å². The topological polar surface area (TPSA) is 50.2 Å². The molecule has 5 heteroatoms. The highest BCUT2D eigenvalue weighted by Gasteiger charge is 2.18. The molecule has 0 aliphatic rings. The van der Waals surface area contributed by atoms with Gasteiger partial charge in [-0.3, -0.25) is 4.21 Å². The average molecular weight is 275 g/mol. The molecule has 3 nitrogen and oxygen atoms in total. The number of hydrogen-bond donors (Lipinski definition) is 1. The van der Waals surface area contributed by atoms with Gasteiger partial charge in [-0.15, -0.1) is 11.3 Å². The third-order valence-corrected chi connectivity index (χ3v) is 5.59. The van der Waals surface area contributed by atoms with E-state index in [1.807, 2.05) is 6.20 Å². The second kappa shape index (κ2) is 6.61. The van der Waals surface area contributed by atoms with Crippen LogP contribution in [0.25, 0.3) is 0 Å². The first-order chi connectivity index (χ1) is 7.95. The van der Waals surface area contributed by atoms with Crippen molar-refractivity contribution in [1.82, 2.24) is 4.98 Å². The number of thiazole rings is 1. The summed E-state index contributed by atoms with van der Waals surface area (Å²) in [7, 11) is -0.975. The average Bonchev–Trinajstić information content (AvgIpc) is 2.72. The van der Waals surface area contributed by atoms with Crippen molar-refractivity contribution >= 4 is 22.1 Å². The summed E-state index contributed by atoms with van der Waals surface area (Å²) in [6.45, 7) is 6.62. The number of unbranched alkanes of at least 4 members (excludes halogenated alkanes) is 2. The van der Waals surface area contributed by atoms with Crippen molar-refractivity contribution in [3.8, 4) is 0 Å². The molecule has 0 saturated heterocycles. The van der Waals surface area contributed by atoms with Crippen molar-refractivity contribution in [3.63, 3.8) is 0 Å². The maximum atomic E-state index is 11.9. The summed E-state index contributed by atoms with van der Waals surface area (Å²) >= 11 is 1.55. The van der Waals surface area contributed by atoms with Gasteiger partial charge in [0.25, 0.3) is 0 Å². The molecule has 0 radical (unpaired) electrons. The molecule has 0 saturated carbocycles. The van der Waals surface area contributed by atoms with Gasteiger partial charge in [-0.25, -0.2) is 4.98 Å². The van der Waals surface area contributed by atoms with Gasteiger partial charge >= 0.3 is 0 Å². The summed E-state index contributed by atoms with van der Waals surface area (Å²) in [5, 5.41) is 8.66. The predicted molar refractivity (Wildman–Crippen MR) is 73.0 cm³/mol. The first-order valence-corrected chi connectivity index (χ1v) is 8.04. The smallest absolute Gasteiger partial charge is 0.180 e. The minimum atomic E-state index is -0.975. The Bertz CT molecular complexity index is 369. The van der Waals surface area contributed by atoms with E-state index in [9.17, 15) is 4.21 Å². The van der Waals surface area contributed by atoms with Crippen molar-refractivity contribution in [2.75, 3.05) is 12.4 Å². The zero-order valence-corrected chi connectivity index (χ0v) is 12.4. The molecule has 1 atom stereocenters. The highest BCUT2D eigenvalue weighted by molar-refractivity contribution is 7.87. The zero-order chi connectivity index (χ0) is 12.9. The standard InChI is InChI=1S/C12H21NO2S2/c1-12(2,3)10-9-13-11(16-10)17(15)8-6-4-5-7-14/h9,14H,4-8H2,1-3H3. The second-order valence-corrected chi connectivity index (χ2v) is 7.85. The molecule has 98 valence electrons. The lowest BCUT2D eigenvalue weighted by molar-refractivity contribution is 0.284. The molecule has 0 fully saturated rings. The maximum Gasteiger partial charge on any atom is 0.180 e. The summed E-state index contributed by atoms with van der Waals surface area (Å²) in [5.74, 6) is 0.650. The summed E-state index contributed by atoms with van der Waals surface area (Å²) in [6, 6.07) is 0. The van der Waals surface area contributed by atoms with Crippen LogP contribution in [0.15, 0.2) is 10.5 Å². The van der Waals surface area contributed by atoms with Crippen molar-refractivity contribution in [2.24, 2.45) is 0 Å². The van der Waals surface area contributed by atoms with Crippen LogP contribution in [0.2, 0.25) is 0 Å². The van der Waals surface area contributed by atoms with Crippen molar-refractivity contribution < 1.29 is 9.32 Å². The Labute approximate surface area is 110 Å². The van der Waals surface area contributed by atoms with Crippen molar-refractivity contribution in [2.45, 2.75) is 49.8 Å². The molecule has 1 aromatic rings. The van der Waals surface area contributed by atoms with Crippen LogP contribution in [-0.4, -0.2) is 26.7 Å². The van der Waals surface area contributed by atoms with E-state index in [1.165, 1.54) is 4.88 Å². The molecule has 0 aromatic carbocycles. The molecular weight excluding hydrogens is 254 g/mol. The Morgan fingerprint density at radius 2 is 2.06 bits per heavy atom. The predicted octanol–water partition coefficient (Wildman–Crippen LogP) is 2.71. The van der Waals surface area contributed by atoms with E-state index in [1.54, 1.807) is 11.3 Å². The van der Waals surface area contributed by atoms with Crippen LogP contribution >= 0.6 is 11.3 Å². The molecule has 1 heterocycles. The van der Waals surface area contributed by atoms with E-state index >= 15 is 0 Å². The van der Waals surface area contributed by atoms with Gasteiger partial charge in [0, 0.05) is 23.4 Å². The van der Waals surface area contributed by atoms with E-state index < -0.39 is 10.8 Å². The van der Waals surface area contributed by atoms with Gasteiger partial charge in [-0.1, -0.05) is 27.2 Å². The third-order valence-electron chi connectivity index (χ3n) is 2.41. The molecule has 0 aliphatic heterocycles. The molecule has 0 bridgehead atoms. The molecule has 0 aliphatic carbocycles. The molecule has 0 spiro atoms. The van der Waals surface area contributed by atoms with Gasteiger partial charge in [0.05, 0.1) is 10.8 Å². The monoisotopic (exact) mass is 275 g/mol. The number of hydrogen-bond acceptors (Lipinski definition) is 4. The number of aliphatic hydroxyl groups excluding tert-OH is 1.